The van der Waals surface area contributed by atoms with Crippen LogP contribution >= 0.6 is 0 Å². The summed E-state index contributed by atoms with van der Waals surface area (Å²) in [5.41, 5.74) is 2.45. The van der Waals surface area contributed by atoms with Gasteiger partial charge in [0.25, 0.3) is 0 Å². The number of amides is 2. The van der Waals surface area contributed by atoms with Crippen LogP contribution in [0.1, 0.15) is 16.7 Å². The number of para-hydroxylation sites is 1. The van der Waals surface area contributed by atoms with Crippen molar-refractivity contribution in [3.05, 3.63) is 65.2 Å². The lowest BCUT2D eigenvalue weighted by atomic mass is 10.1. The van der Waals surface area contributed by atoms with Gasteiger partial charge in [-0.3, -0.25) is 0 Å². The summed E-state index contributed by atoms with van der Waals surface area (Å²) in [5, 5.41) is 5.54. The van der Waals surface area contributed by atoms with Gasteiger partial charge in [0, 0.05) is 18.7 Å². The maximum atomic E-state index is 11.9. The molecule has 0 aliphatic carbocycles. The third-order valence-corrected chi connectivity index (χ3v) is 5.11. The molecule has 0 fully saturated rings. The minimum Gasteiger partial charge on any atom is -0.496 e. The molecule has 0 radical (unpaired) electrons. The second-order valence-corrected chi connectivity index (χ2v) is 7.55. The average Bonchev–Trinajstić information content (AvgIpc) is 2.65. The predicted octanol–water partition coefficient (Wildman–Crippen LogP) is 1.74. The van der Waals surface area contributed by atoms with Gasteiger partial charge in [0.15, 0.2) is 0 Å². The van der Waals surface area contributed by atoms with Crippen molar-refractivity contribution >= 4 is 16.1 Å². The van der Waals surface area contributed by atoms with Crippen molar-refractivity contribution in [1.82, 2.24) is 15.4 Å². The van der Waals surface area contributed by atoms with Crippen molar-refractivity contribution in [2.75, 3.05) is 14.2 Å². The minimum atomic E-state index is -3.29. The van der Waals surface area contributed by atoms with Crippen molar-refractivity contribution in [2.24, 2.45) is 0 Å². The highest BCUT2D eigenvalue weighted by Gasteiger charge is 2.08. The van der Waals surface area contributed by atoms with E-state index in [9.17, 15) is 13.2 Å². The maximum absolute atomic E-state index is 11.9. The molecule has 3 N–H and O–H groups in total. The summed E-state index contributed by atoms with van der Waals surface area (Å²) in [6.07, 6.45) is 0. The zero-order valence-electron chi connectivity index (χ0n) is 14.8. The Morgan fingerprint density at radius 2 is 1.58 bits per heavy atom. The number of hydrogen-bond donors (Lipinski definition) is 3. The third kappa shape index (κ3) is 6.05. The average molecular weight is 377 g/mol. The highest BCUT2D eigenvalue weighted by atomic mass is 32.2. The standard InChI is InChI=1S/C18H23N3O4S/c1-19-26(23,24)13-15-9-7-14(8-10-15)11-20-18(22)21-12-16-5-3-4-6-17(16)25-2/h3-10,19H,11-13H2,1-2H3,(H2,20,21,22). The summed E-state index contributed by atoms with van der Waals surface area (Å²) in [5.74, 6) is 0.649. The summed E-state index contributed by atoms with van der Waals surface area (Å²) in [6.45, 7) is 0.702. The number of ether oxygens (including phenoxy) is 1. The molecule has 0 saturated carbocycles. The number of methoxy groups -OCH3 is 1. The SMILES string of the molecule is CNS(=O)(=O)Cc1ccc(CNC(=O)NCc2ccccc2OC)cc1. The first-order valence-electron chi connectivity index (χ1n) is 8.06. The zero-order chi connectivity index (χ0) is 19.0. The number of hydrogen-bond acceptors (Lipinski definition) is 4. The van der Waals surface area contributed by atoms with Crippen LogP contribution in [0.4, 0.5) is 4.79 Å². The third-order valence-electron chi connectivity index (χ3n) is 3.78. The Morgan fingerprint density at radius 3 is 2.23 bits per heavy atom. The Bertz CT molecular complexity index is 836. The van der Waals surface area contributed by atoms with Crippen LogP contribution in [0, 0.1) is 0 Å². The zero-order valence-corrected chi connectivity index (χ0v) is 15.6. The van der Waals surface area contributed by atoms with Gasteiger partial charge in [-0.15, -0.1) is 0 Å². The number of urea groups is 1. The molecule has 7 nitrogen and oxygen atoms in total. The largest absolute Gasteiger partial charge is 0.496 e. The topological polar surface area (TPSA) is 96.5 Å². The van der Waals surface area contributed by atoms with Crippen molar-refractivity contribution in [2.45, 2.75) is 18.8 Å². The van der Waals surface area contributed by atoms with Crippen LogP contribution in [0.15, 0.2) is 48.5 Å². The van der Waals surface area contributed by atoms with Crippen molar-refractivity contribution in [3.8, 4) is 5.75 Å². The fourth-order valence-corrected chi connectivity index (χ4v) is 3.09. The summed E-state index contributed by atoms with van der Waals surface area (Å²) < 4.78 is 30.6. The minimum absolute atomic E-state index is 0.0728. The van der Waals surface area contributed by atoms with E-state index in [0.29, 0.717) is 18.7 Å². The van der Waals surface area contributed by atoms with E-state index < -0.39 is 10.0 Å². The van der Waals surface area contributed by atoms with Crippen molar-refractivity contribution < 1.29 is 17.9 Å². The first kappa shape index (κ1) is 19.7. The second kappa shape index (κ2) is 9.21. The molecule has 2 rings (SSSR count). The van der Waals surface area contributed by atoms with E-state index in [0.717, 1.165) is 16.9 Å². The number of rotatable bonds is 8. The normalized spacial score (nSPS) is 11.0. The van der Waals surface area contributed by atoms with Crippen LogP contribution in [0.2, 0.25) is 0 Å². The highest BCUT2D eigenvalue weighted by molar-refractivity contribution is 7.88. The van der Waals surface area contributed by atoms with Gasteiger partial charge < -0.3 is 15.4 Å². The molecule has 0 heterocycles. The molecule has 0 aliphatic heterocycles. The van der Waals surface area contributed by atoms with E-state index in [1.54, 1.807) is 31.4 Å². The number of benzene rings is 2. The number of carbonyl (C=O) groups excluding carboxylic acids is 1. The predicted molar refractivity (Wildman–Crippen MR) is 100 cm³/mol. The lowest BCUT2D eigenvalue weighted by Gasteiger charge is -2.11. The van der Waals surface area contributed by atoms with E-state index in [2.05, 4.69) is 15.4 Å². The molecular weight excluding hydrogens is 354 g/mol. The summed E-state index contributed by atoms with van der Waals surface area (Å²) in [6, 6.07) is 14.2. The van der Waals surface area contributed by atoms with E-state index in [1.165, 1.54) is 7.05 Å². The maximum Gasteiger partial charge on any atom is 0.315 e. The van der Waals surface area contributed by atoms with E-state index in [4.69, 9.17) is 4.74 Å². The quantitative estimate of drug-likeness (QED) is 0.653. The van der Waals surface area contributed by atoms with Crippen LogP contribution in [-0.4, -0.2) is 28.6 Å². The van der Waals surface area contributed by atoms with Gasteiger partial charge >= 0.3 is 6.03 Å². The molecule has 2 aromatic rings. The van der Waals surface area contributed by atoms with Crippen molar-refractivity contribution in [3.63, 3.8) is 0 Å². The van der Waals surface area contributed by atoms with Crippen molar-refractivity contribution in [1.29, 1.82) is 0 Å². The van der Waals surface area contributed by atoms with Crippen LogP contribution < -0.4 is 20.1 Å². The Balaban J connectivity index is 1.82. The summed E-state index contributed by atoms with van der Waals surface area (Å²) in [4.78, 5) is 11.9. The molecule has 140 valence electrons. The molecule has 0 spiro atoms. The molecule has 0 atom stereocenters. The van der Waals surface area contributed by atoms with E-state index >= 15 is 0 Å². The highest BCUT2D eigenvalue weighted by Crippen LogP contribution is 2.16. The Morgan fingerprint density at radius 1 is 0.962 bits per heavy atom. The number of nitrogens with one attached hydrogen (secondary N) is 3. The molecular formula is C18H23N3O4S. The Kier molecular flexibility index (Phi) is 6.99. The van der Waals surface area contributed by atoms with Gasteiger partial charge in [-0.25, -0.2) is 17.9 Å². The van der Waals surface area contributed by atoms with Gasteiger partial charge in [0.1, 0.15) is 5.75 Å². The molecule has 8 heteroatoms. The van der Waals surface area contributed by atoms with E-state index in [-0.39, 0.29) is 11.8 Å². The molecule has 26 heavy (non-hydrogen) atoms. The lowest BCUT2D eigenvalue weighted by molar-refractivity contribution is 0.240. The molecule has 0 bridgehead atoms. The summed E-state index contributed by atoms with van der Waals surface area (Å²) >= 11 is 0. The van der Waals surface area contributed by atoms with Gasteiger partial charge in [-0.2, -0.15) is 0 Å². The van der Waals surface area contributed by atoms with Crippen LogP contribution in [0.5, 0.6) is 5.75 Å². The van der Waals surface area contributed by atoms with Gasteiger partial charge in [0.05, 0.1) is 12.9 Å². The van der Waals surface area contributed by atoms with Crippen LogP contribution in [-0.2, 0) is 28.9 Å². The summed E-state index contributed by atoms with van der Waals surface area (Å²) in [7, 11) is -0.317. The smallest absolute Gasteiger partial charge is 0.315 e. The molecule has 2 amide bonds. The Hall–Kier alpha value is -2.58. The Labute approximate surface area is 153 Å². The molecule has 0 aliphatic rings. The molecule has 0 unspecified atom stereocenters. The number of sulfonamides is 1. The first-order chi connectivity index (χ1) is 12.4. The van der Waals surface area contributed by atoms with Gasteiger partial charge in [0.2, 0.25) is 10.0 Å². The van der Waals surface area contributed by atoms with Crippen LogP contribution in [0.25, 0.3) is 0 Å². The monoisotopic (exact) mass is 377 g/mol. The lowest BCUT2D eigenvalue weighted by Crippen LogP contribution is -2.34. The van der Waals surface area contributed by atoms with Gasteiger partial charge in [-0.1, -0.05) is 42.5 Å². The van der Waals surface area contributed by atoms with E-state index in [1.807, 2.05) is 24.3 Å². The van der Waals surface area contributed by atoms with Gasteiger partial charge in [-0.05, 0) is 24.2 Å². The fourth-order valence-electron chi connectivity index (χ4n) is 2.31. The molecule has 0 aromatic heterocycles. The first-order valence-corrected chi connectivity index (χ1v) is 9.71. The molecule has 0 saturated heterocycles. The molecule has 2 aromatic carbocycles. The number of carbonyl (C=O) groups is 1. The fraction of sp³-hybridized carbons (Fsp3) is 0.278. The van der Waals surface area contributed by atoms with Crippen LogP contribution in [0.3, 0.4) is 0 Å². The second-order valence-electron chi connectivity index (χ2n) is 5.63.